The number of nitrogens with two attached hydrogens (primary N) is 1. The van der Waals surface area contributed by atoms with Crippen LogP contribution in [0.3, 0.4) is 0 Å². The van der Waals surface area contributed by atoms with Crippen LogP contribution < -0.4 is 5.73 Å². The first kappa shape index (κ1) is 15.2. The summed E-state index contributed by atoms with van der Waals surface area (Å²) in [5, 5.41) is 0. The second-order valence-electron chi connectivity index (χ2n) is 4.83. The fourth-order valence-electron chi connectivity index (χ4n) is 2.27. The number of aryl methyl sites for hydroxylation is 1. The molecule has 0 spiro atoms. The highest BCUT2D eigenvalue weighted by Crippen LogP contribution is 2.28. The van der Waals surface area contributed by atoms with Crippen molar-refractivity contribution in [2.45, 2.75) is 19.5 Å². The van der Waals surface area contributed by atoms with Crippen LogP contribution in [0.2, 0.25) is 0 Å². The Hall–Kier alpha value is -1.17. The first-order chi connectivity index (χ1) is 9.52. The van der Waals surface area contributed by atoms with Gasteiger partial charge in [-0.15, -0.1) is 0 Å². The van der Waals surface area contributed by atoms with Crippen molar-refractivity contribution in [1.82, 2.24) is 4.90 Å². The standard InChI is InChI=1S/C15H18BrFN2O/c1-10-11(5-6-20-10)9-19(2)15(8-18)13-7-12(17)3-4-14(13)16/h3-7,15H,8-9,18H2,1-2H3. The van der Waals surface area contributed by atoms with Crippen LogP contribution in [-0.4, -0.2) is 18.5 Å². The number of likely N-dealkylation sites (N-methyl/N-ethyl adjacent to an activating group) is 1. The number of hydrogen-bond donors (Lipinski definition) is 1. The van der Waals surface area contributed by atoms with Gasteiger partial charge in [0.1, 0.15) is 11.6 Å². The second-order valence-corrected chi connectivity index (χ2v) is 5.69. The first-order valence-corrected chi connectivity index (χ1v) is 7.20. The molecule has 2 rings (SSSR count). The largest absolute Gasteiger partial charge is 0.469 e. The predicted molar refractivity (Wildman–Crippen MR) is 80.8 cm³/mol. The molecule has 0 bridgehead atoms. The van der Waals surface area contributed by atoms with E-state index in [-0.39, 0.29) is 11.9 Å². The van der Waals surface area contributed by atoms with Crippen molar-refractivity contribution in [2.75, 3.05) is 13.6 Å². The quantitative estimate of drug-likeness (QED) is 0.903. The van der Waals surface area contributed by atoms with E-state index >= 15 is 0 Å². The number of hydrogen-bond acceptors (Lipinski definition) is 3. The van der Waals surface area contributed by atoms with Crippen LogP contribution in [0.1, 0.15) is 22.9 Å². The highest BCUT2D eigenvalue weighted by Gasteiger charge is 2.19. The number of furan rings is 1. The SMILES string of the molecule is Cc1occc1CN(C)C(CN)c1cc(F)ccc1Br. The van der Waals surface area contributed by atoms with Gasteiger partial charge < -0.3 is 10.2 Å². The van der Waals surface area contributed by atoms with E-state index in [2.05, 4.69) is 20.8 Å². The fourth-order valence-corrected chi connectivity index (χ4v) is 2.78. The van der Waals surface area contributed by atoms with Crippen molar-refractivity contribution in [2.24, 2.45) is 5.73 Å². The Morgan fingerprint density at radius 3 is 2.75 bits per heavy atom. The van der Waals surface area contributed by atoms with Gasteiger partial charge in [0.15, 0.2) is 0 Å². The lowest BCUT2D eigenvalue weighted by atomic mass is 10.0. The van der Waals surface area contributed by atoms with Gasteiger partial charge in [-0.05, 0) is 43.8 Å². The lowest BCUT2D eigenvalue weighted by Gasteiger charge is -2.28. The molecule has 0 saturated carbocycles. The Bertz CT molecular complexity index is 585. The van der Waals surface area contributed by atoms with Gasteiger partial charge in [0.2, 0.25) is 0 Å². The molecule has 1 unspecified atom stereocenters. The van der Waals surface area contributed by atoms with E-state index in [1.165, 1.54) is 12.1 Å². The second kappa shape index (κ2) is 6.52. The number of rotatable bonds is 5. The molecule has 0 aliphatic rings. The molecule has 2 aromatic rings. The van der Waals surface area contributed by atoms with Gasteiger partial charge in [-0.1, -0.05) is 15.9 Å². The summed E-state index contributed by atoms with van der Waals surface area (Å²) in [6.07, 6.45) is 1.67. The lowest BCUT2D eigenvalue weighted by molar-refractivity contribution is 0.239. The Morgan fingerprint density at radius 1 is 1.40 bits per heavy atom. The molecular formula is C15H18BrFN2O. The third-order valence-corrected chi connectivity index (χ3v) is 4.18. The number of benzene rings is 1. The van der Waals surface area contributed by atoms with Gasteiger partial charge in [-0.3, -0.25) is 4.90 Å². The Kier molecular flexibility index (Phi) is 4.96. The van der Waals surface area contributed by atoms with Crippen molar-refractivity contribution in [1.29, 1.82) is 0 Å². The number of halogens is 2. The third kappa shape index (κ3) is 3.29. The van der Waals surface area contributed by atoms with E-state index in [9.17, 15) is 4.39 Å². The molecule has 0 saturated heterocycles. The average molecular weight is 341 g/mol. The van der Waals surface area contributed by atoms with E-state index in [1.807, 2.05) is 20.0 Å². The predicted octanol–water partition coefficient (Wildman–Crippen LogP) is 3.62. The Morgan fingerprint density at radius 2 is 2.15 bits per heavy atom. The summed E-state index contributed by atoms with van der Waals surface area (Å²) in [7, 11) is 1.97. The van der Waals surface area contributed by atoms with E-state index in [0.717, 1.165) is 21.4 Å². The molecule has 1 aromatic heterocycles. The minimum Gasteiger partial charge on any atom is -0.469 e. The smallest absolute Gasteiger partial charge is 0.123 e. The van der Waals surface area contributed by atoms with E-state index in [1.54, 1.807) is 12.3 Å². The van der Waals surface area contributed by atoms with Crippen LogP contribution in [0.15, 0.2) is 39.4 Å². The molecule has 1 atom stereocenters. The topological polar surface area (TPSA) is 42.4 Å². The van der Waals surface area contributed by atoms with Crippen LogP contribution in [0, 0.1) is 12.7 Å². The van der Waals surface area contributed by atoms with Crippen LogP contribution in [0.4, 0.5) is 4.39 Å². The first-order valence-electron chi connectivity index (χ1n) is 6.41. The molecule has 108 valence electrons. The molecule has 0 aliphatic heterocycles. The maximum atomic E-state index is 13.5. The summed E-state index contributed by atoms with van der Waals surface area (Å²) in [6, 6.07) is 6.56. The summed E-state index contributed by atoms with van der Waals surface area (Å²) >= 11 is 3.47. The van der Waals surface area contributed by atoms with Crippen molar-refractivity contribution in [3.05, 3.63) is 57.7 Å². The van der Waals surface area contributed by atoms with Crippen molar-refractivity contribution < 1.29 is 8.81 Å². The summed E-state index contributed by atoms with van der Waals surface area (Å²) in [5.74, 6) is 0.639. The average Bonchev–Trinajstić information content (AvgIpc) is 2.80. The van der Waals surface area contributed by atoms with Gasteiger partial charge in [0, 0.05) is 29.2 Å². The Balaban J connectivity index is 2.23. The molecule has 0 fully saturated rings. The molecular weight excluding hydrogens is 323 g/mol. The zero-order valence-electron chi connectivity index (χ0n) is 11.6. The Labute approximate surface area is 126 Å². The number of nitrogens with zero attached hydrogens (tertiary/aromatic N) is 1. The van der Waals surface area contributed by atoms with Gasteiger partial charge in [-0.2, -0.15) is 0 Å². The van der Waals surface area contributed by atoms with Gasteiger partial charge >= 0.3 is 0 Å². The fraction of sp³-hybridized carbons (Fsp3) is 0.333. The summed E-state index contributed by atoms with van der Waals surface area (Å²) in [5.41, 5.74) is 7.85. The summed E-state index contributed by atoms with van der Waals surface area (Å²) in [6.45, 7) is 3.04. The van der Waals surface area contributed by atoms with Crippen molar-refractivity contribution in [3.8, 4) is 0 Å². The third-order valence-electron chi connectivity index (χ3n) is 3.46. The molecule has 2 N–H and O–H groups in total. The van der Waals surface area contributed by atoms with Crippen LogP contribution in [0.5, 0.6) is 0 Å². The molecule has 20 heavy (non-hydrogen) atoms. The van der Waals surface area contributed by atoms with Crippen LogP contribution in [0.25, 0.3) is 0 Å². The molecule has 0 amide bonds. The van der Waals surface area contributed by atoms with E-state index in [4.69, 9.17) is 10.2 Å². The zero-order chi connectivity index (χ0) is 14.7. The van der Waals surface area contributed by atoms with Crippen molar-refractivity contribution >= 4 is 15.9 Å². The summed E-state index contributed by atoms with van der Waals surface area (Å²) < 4.78 is 19.6. The molecule has 5 heteroatoms. The van der Waals surface area contributed by atoms with E-state index in [0.29, 0.717) is 13.1 Å². The molecule has 0 radical (unpaired) electrons. The monoisotopic (exact) mass is 340 g/mol. The highest BCUT2D eigenvalue weighted by molar-refractivity contribution is 9.10. The summed E-state index contributed by atoms with van der Waals surface area (Å²) in [4.78, 5) is 2.09. The molecule has 1 aromatic carbocycles. The normalized spacial score (nSPS) is 12.9. The van der Waals surface area contributed by atoms with Gasteiger partial charge in [-0.25, -0.2) is 4.39 Å². The van der Waals surface area contributed by atoms with Crippen LogP contribution in [-0.2, 0) is 6.54 Å². The minimum atomic E-state index is -0.255. The van der Waals surface area contributed by atoms with Gasteiger partial charge in [0.05, 0.1) is 6.26 Å². The van der Waals surface area contributed by atoms with E-state index < -0.39 is 0 Å². The molecule has 0 aliphatic carbocycles. The van der Waals surface area contributed by atoms with Crippen molar-refractivity contribution in [3.63, 3.8) is 0 Å². The minimum absolute atomic E-state index is 0.0608. The highest BCUT2D eigenvalue weighted by atomic mass is 79.9. The maximum Gasteiger partial charge on any atom is 0.123 e. The zero-order valence-corrected chi connectivity index (χ0v) is 13.2. The van der Waals surface area contributed by atoms with Gasteiger partial charge in [0.25, 0.3) is 0 Å². The van der Waals surface area contributed by atoms with Crippen LogP contribution >= 0.6 is 15.9 Å². The molecule has 1 heterocycles. The molecule has 3 nitrogen and oxygen atoms in total. The lowest BCUT2D eigenvalue weighted by Crippen LogP contribution is -2.30. The maximum absolute atomic E-state index is 13.5.